The van der Waals surface area contributed by atoms with Crippen LogP contribution >= 0.6 is 27.5 Å². The summed E-state index contributed by atoms with van der Waals surface area (Å²) >= 11 is 7.92. The molecule has 198 valence electrons. The molecule has 2 aromatic carbocycles. The molecule has 2 aromatic rings. The first kappa shape index (κ1) is 29.7. The van der Waals surface area contributed by atoms with Crippen molar-refractivity contribution >= 4 is 44.8 Å². The lowest BCUT2D eigenvalue weighted by molar-refractivity contribution is -0.348. The highest BCUT2D eigenvalue weighted by Crippen LogP contribution is 2.56. The number of benzene rings is 2. The van der Waals surface area contributed by atoms with E-state index < -0.39 is 79.7 Å². The van der Waals surface area contributed by atoms with Crippen LogP contribution in [0.4, 0.5) is 64.1 Å². The minimum Gasteiger partial charge on any atom is -0.320 e. The van der Waals surface area contributed by atoms with Crippen LogP contribution in [-0.4, -0.2) is 24.4 Å². The SMILES string of the molecule is O=Nc1cccc(C(=O)Nc2c(Br)cc(C(F)(C(F)(F)F)C(F)(F)F)cc2C(F)(F)C(F)(F)F)c1Cl. The average Bonchev–Trinajstić information content (AvgIpc) is 2.71. The van der Waals surface area contributed by atoms with Gasteiger partial charge in [0.05, 0.1) is 21.8 Å². The van der Waals surface area contributed by atoms with Crippen molar-refractivity contribution in [3.8, 4) is 0 Å². The summed E-state index contributed by atoms with van der Waals surface area (Å²) in [5, 5.41) is 3.14. The Morgan fingerprint density at radius 2 is 1.39 bits per heavy atom. The molecule has 0 aliphatic carbocycles. The number of nitrogens with one attached hydrogen (secondary N) is 1. The van der Waals surface area contributed by atoms with Gasteiger partial charge >= 0.3 is 30.1 Å². The zero-order chi connectivity index (χ0) is 28.1. The molecule has 18 heteroatoms. The van der Waals surface area contributed by atoms with Crippen molar-refractivity contribution in [3.05, 3.63) is 61.4 Å². The van der Waals surface area contributed by atoms with Gasteiger partial charge in [0.15, 0.2) is 0 Å². The molecule has 0 atom stereocenters. The molecule has 4 nitrogen and oxygen atoms in total. The third-order valence-corrected chi connectivity index (χ3v) is 5.55. The second-order valence-electron chi connectivity index (χ2n) is 6.79. The fraction of sp³-hybridized carbons (Fsp3) is 0.278. The number of alkyl halides is 12. The quantitative estimate of drug-likeness (QED) is 0.267. The van der Waals surface area contributed by atoms with E-state index in [4.69, 9.17) is 11.6 Å². The van der Waals surface area contributed by atoms with Gasteiger partial charge in [-0.25, -0.2) is 4.39 Å². The van der Waals surface area contributed by atoms with Gasteiger partial charge < -0.3 is 5.32 Å². The molecular formula is C18H6BrClF12N2O2. The molecule has 1 N–H and O–H groups in total. The van der Waals surface area contributed by atoms with E-state index in [0.717, 1.165) is 18.2 Å². The van der Waals surface area contributed by atoms with Gasteiger partial charge in [0.2, 0.25) is 0 Å². The van der Waals surface area contributed by atoms with E-state index in [1.807, 2.05) is 0 Å². The number of rotatable bonds is 5. The normalized spacial score (nSPS) is 13.5. The fourth-order valence-corrected chi connectivity index (χ4v) is 3.57. The summed E-state index contributed by atoms with van der Waals surface area (Å²) in [6, 6.07) is 1.38. The second kappa shape index (κ2) is 9.39. The molecule has 0 spiro atoms. The molecule has 2 rings (SSSR count). The number of amides is 1. The minimum absolute atomic E-state index is 0.377. The Bertz CT molecular complexity index is 1180. The smallest absolute Gasteiger partial charge is 0.320 e. The van der Waals surface area contributed by atoms with Crippen molar-refractivity contribution in [2.45, 2.75) is 30.1 Å². The van der Waals surface area contributed by atoms with E-state index in [0.29, 0.717) is 0 Å². The van der Waals surface area contributed by atoms with Crippen LogP contribution < -0.4 is 5.32 Å². The number of hydrogen-bond acceptors (Lipinski definition) is 3. The van der Waals surface area contributed by atoms with Crippen LogP contribution in [0.5, 0.6) is 0 Å². The number of halogens is 14. The van der Waals surface area contributed by atoms with Crippen LogP contribution in [0, 0.1) is 4.91 Å². The highest BCUT2D eigenvalue weighted by Gasteiger charge is 2.74. The minimum atomic E-state index is -6.85. The Kier molecular flexibility index (Phi) is 7.74. The Hall–Kier alpha value is -2.56. The van der Waals surface area contributed by atoms with E-state index >= 15 is 0 Å². The van der Waals surface area contributed by atoms with Gasteiger partial charge in [-0.05, 0) is 45.4 Å². The van der Waals surface area contributed by atoms with Crippen molar-refractivity contribution < 1.29 is 57.5 Å². The molecule has 0 aromatic heterocycles. The van der Waals surface area contributed by atoms with Crippen molar-refractivity contribution in [3.63, 3.8) is 0 Å². The number of carbonyl (C=O) groups is 1. The van der Waals surface area contributed by atoms with E-state index in [1.165, 1.54) is 5.32 Å². The third-order valence-electron chi connectivity index (χ3n) is 4.52. The van der Waals surface area contributed by atoms with E-state index in [1.54, 1.807) is 0 Å². The molecule has 0 aliphatic heterocycles. The maximum atomic E-state index is 14.4. The first-order valence-corrected chi connectivity index (χ1v) is 9.83. The Morgan fingerprint density at radius 3 is 1.83 bits per heavy atom. The molecule has 0 heterocycles. The highest BCUT2D eigenvalue weighted by molar-refractivity contribution is 9.10. The predicted molar refractivity (Wildman–Crippen MR) is 104 cm³/mol. The number of anilines is 1. The van der Waals surface area contributed by atoms with Crippen molar-refractivity contribution in [1.29, 1.82) is 0 Å². The summed E-state index contributed by atoms with van der Waals surface area (Å²) in [4.78, 5) is 23.2. The van der Waals surface area contributed by atoms with Crippen molar-refractivity contribution in [1.82, 2.24) is 0 Å². The summed E-state index contributed by atoms with van der Waals surface area (Å²) in [7, 11) is 0. The lowest BCUT2D eigenvalue weighted by Crippen LogP contribution is -2.50. The monoisotopic (exact) mass is 624 g/mol. The lowest BCUT2D eigenvalue weighted by atomic mass is 9.90. The molecule has 0 radical (unpaired) electrons. The second-order valence-corrected chi connectivity index (χ2v) is 8.02. The van der Waals surface area contributed by atoms with Gasteiger partial charge in [-0.3, -0.25) is 4.79 Å². The average molecular weight is 626 g/mol. The molecule has 0 saturated carbocycles. The summed E-state index contributed by atoms with van der Waals surface area (Å²) in [5.74, 6) is -7.83. The number of nitrogens with zero attached hydrogens (tertiary/aromatic N) is 1. The van der Waals surface area contributed by atoms with Crippen molar-refractivity contribution in [2.24, 2.45) is 5.18 Å². The van der Waals surface area contributed by atoms with Gasteiger partial charge in [-0.15, -0.1) is 4.91 Å². The zero-order valence-corrected chi connectivity index (χ0v) is 18.8. The standard InChI is InChI=1S/C18H6BrClF12N2O2/c19-9-5-6(14(21,16(24,25)26)17(27,28)29)4-8(15(22,23)18(30,31)32)12(9)33-13(35)7-2-1-3-10(34-36)11(7)20/h1-5H,(H,33,35). The van der Waals surface area contributed by atoms with Crippen LogP contribution in [0.3, 0.4) is 0 Å². The molecule has 36 heavy (non-hydrogen) atoms. The molecule has 0 fully saturated rings. The summed E-state index contributed by atoms with van der Waals surface area (Å²) in [6.45, 7) is 0. The lowest BCUT2D eigenvalue weighted by Gasteiger charge is -2.32. The van der Waals surface area contributed by atoms with Crippen molar-refractivity contribution in [2.75, 3.05) is 5.32 Å². The van der Waals surface area contributed by atoms with Gasteiger partial charge in [0, 0.05) is 10.0 Å². The van der Waals surface area contributed by atoms with Gasteiger partial charge in [-0.1, -0.05) is 17.7 Å². The molecule has 0 unspecified atom stereocenters. The first-order chi connectivity index (χ1) is 16.1. The fourth-order valence-electron chi connectivity index (χ4n) is 2.77. The Labute approximate surface area is 204 Å². The van der Waals surface area contributed by atoms with Crippen LogP contribution in [0.2, 0.25) is 5.02 Å². The number of carbonyl (C=O) groups excluding carboxylic acids is 1. The molecule has 0 saturated heterocycles. The first-order valence-electron chi connectivity index (χ1n) is 8.65. The maximum absolute atomic E-state index is 14.4. The topological polar surface area (TPSA) is 58.5 Å². The zero-order valence-electron chi connectivity index (χ0n) is 16.4. The van der Waals surface area contributed by atoms with Crippen LogP contribution in [0.1, 0.15) is 21.5 Å². The third kappa shape index (κ3) is 4.99. The highest BCUT2D eigenvalue weighted by atomic mass is 79.9. The summed E-state index contributed by atoms with van der Waals surface area (Å²) in [6.07, 6.45) is -20.3. The van der Waals surface area contributed by atoms with E-state index in [2.05, 4.69) is 21.1 Å². The largest absolute Gasteiger partial charge is 0.458 e. The number of hydrogen-bond donors (Lipinski definition) is 1. The van der Waals surface area contributed by atoms with Crippen LogP contribution in [0.15, 0.2) is 40.0 Å². The van der Waals surface area contributed by atoms with Crippen LogP contribution in [-0.2, 0) is 11.6 Å². The Balaban J connectivity index is 2.87. The predicted octanol–water partition coefficient (Wildman–Crippen LogP) is 8.70. The molecule has 0 bridgehead atoms. The van der Waals surface area contributed by atoms with E-state index in [-0.39, 0.29) is 6.07 Å². The van der Waals surface area contributed by atoms with Gasteiger partial charge in [0.25, 0.3) is 5.91 Å². The number of nitroso groups, excluding NO2 is 1. The Morgan fingerprint density at radius 1 is 0.861 bits per heavy atom. The molecule has 0 aliphatic rings. The van der Waals surface area contributed by atoms with Gasteiger partial charge in [-0.2, -0.15) is 48.3 Å². The van der Waals surface area contributed by atoms with E-state index in [9.17, 15) is 62.4 Å². The van der Waals surface area contributed by atoms with Gasteiger partial charge in [0.1, 0.15) is 5.69 Å². The summed E-state index contributed by atoms with van der Waals surface area (Å²) < 4.78 is 159. The molecule has 1 amide bonds. The molecular weight excluding hydrogens is 620 g/mol. The maximum Gasteiger partial charge on any atom is 0.458 e. The summed E-state index contributed by atoms with van der Waals surface area (Å²) in [5.41, 5.74) is -14.7. The van der Waals surface area contributed by atoms with Crippen LogP contribution in [0.25, 0.3) is 0 Å².